The molecule has 30 heavy (non-hydrogen) atoms. The van der Waals surface area contributed by atoms with E-state index >= 15 is 0 Å². The Morgan fingerprint density at radius 3 is 2.53 bits per heavy atom. The van der Waals surface area contributed by atoms with Crippen LogP contribution in [0.1, 0.15) is 27.9 Å². The predicted octanol–water partition coefficient (Wildman–Crippen LogP) is 5.32. The predicted molar refractivity (Wildman–Crippen MR) is 123 cm³/mol. The van der Waals surface area contributed by atoms with Crippen molar-refractivity contribution in [3.05, 3.63) is 89.5 Å². The molecule has 0 aliphatic carbocycles. The van der Waals surface area contributed by atoms with Crippen LogP contribution in [0.4, 0.5) is 11.4 Å². The second-order valence-electron chi connectivity index (χ2n) is 7.39. The Morgan fingerprint density at radius 2 is 1.70 bits per heavy atom. The van der Waals surface area contributed by atoms with Gasteiger partial charge in [0.05, 0.1) is 11.3 Å². The Kier molecular flexibility index (Phi) is 6.19. The third-order valence-corrected chi connectivity index (χ3v) is 6.24. The number of hydrogen-bond donors (Lipinski definition) is 1. The average molecular weight is 417 g/mol. The third kappa shape index (κ3) is 4.57. The highest BCUT2D eigenvalue weighted by Gasteiger charge is 2.25. The zero-order valence-corrected chi connectivity index (χ0v) is 17.7. The number of nitrogens with zero attached hydrogens (tertiary/aromatic N) is 1. The van der Waals surface area contributed by atoms with Crippen LogP contribution in [0.15, 0.2) is 77.7 Å². The van der Waals surface area contributed by atoms with E-state index in [0.29, 0.717) is 12.1 Å². The van der Waals surface area contributed by atoms with Gasteiger partial charge in [-0.3, -0.25) is 9.59 Å². The second-order valence-corrected chi connectivity index (χ2v) is 8.41. The van der Waals surface area contributed by atoms with Gasteiger partial charge in [0.25, 0.3) is 5.91 Å². The summed E-state index contributed by atoms with van der Waals surface area (Å²) in [6.45, 7) is 2.72. The van der Waals surface area contributed by atoms with E-state index in [0.717, 1.165) is 34.7 Å². The summed E-state index contributed by atoms with van der Waals surface area (Å²) in [5.41, 5.74) is 4.77. The molecular weight excluding hydrogens is 392 g/mol. The maximum Gasteiger partial charge on any atom is 0.259 e. The summed E-state index contributed by atoms with van der Waals surface area (Å²) in [5, 5.41) is 2.91. The number of thioether (sulfide) groups is 1. The van der Waals surface area contributed by atoms with Crippen molar-refractivity contribution in [3.63, 3.8) is 0 Å². The maximum absolute atomic E-state index is 13.4. The van der Waals surface area contributed by atoms with Crippen LogP contribution in [0.25, 0.3) is 0 Å². The summed E-state index contributed by atoms with van der Waals surface area (Å²) < 4.78 is 0. The molecule has 1 aliphatic heterocycles. The number of carbonyl (C=O) groups is 2. The maximum atomic E-state index is 13.4. The van der Waals surface area contributed by atoms with Crippen molar-refractivity contribution in [2.24, 2.45) is 0 Å². The number of nitrogens with one attached hydrogen (secondary N) is 1. The molecule has 1 heterocycles. The van der Waals surface area contributed by atoms with Crippen LogP contribution in [0.5, 0.6) is 0 Å². The van der Waals surface area contributed by atoms with Crippen molar-refractivity contribution in [1.29, 1.82) is 0 Å². The lowest BCUT2D eigenvalue weighted by molar-refractivity contribution is -0.113. The first-order valence-electron chi connectivity index (χ1n) is 10.1. The fourth-order valence-electron chi connectivity index (χ4n) is 3.64. The van der Waals surface area contributed by atoms with Gasteiger partial charge in [0.15, 0.2) is 0 Å². The Labute approximate surface area is 181 Å². The van der Waals surface area contributed by atoms with Crippen molar-refractivity contribution in [3.8, 4) is 0 Å². The van der Waals surface area contributed by atoms with Crippen LogP contribution in [0.2, 0.25) is 0 Å². The first kappa shape index (κ1) is 20.2. The normalized spacial score (nSPS) is 12.9. The summed E-state index contributed by atoms with van der Waals surface area (Å²) in [6.07, 6.45) is 1.95. The molecule has 0 aromatic heterocycles. The molecule has 0 fully saturated rings. The molecular formula is C25H24N2O2S. The van der Waals surface area contributed by atoms with Crippen LogP contribution < -0.4 is 10.2 Å². The van der Waals surface area contributed by atoms with E-state index < -0.39 is 0 Å². The number of para-hydroxylation sites is 1. The van der Waals surface area contributed by atoms with E-state index in [1.54, 1.807) is 0 Å². The van der Waals surface area contributed by atoms with E-state index in [9.17, 15) is 9.59 Å². The van der Waals surface area contributed by atoms with Gasteiger partial charge in [-0.15, -0.1) is 11.8 Å². The van der Waals surface area contributed by atoms with Crippen LogP contribution in [0.3, 0.4) is 0 Å². The van der Waals surface area contributed by atoms with E-state index in [2.05, 4.69) is 11.4 Å². The highest BCUT2D eigenvalue weighted by atomic mass is 32.2. The van der Waals surface area contributed by atoms with E-state index in [4.69, 9.17) is 0 Å². The van der Waals surface area contributed by atoms with E-state index in [-0.39, 0.29) is 17.6 Å². The zero-order chi connectivity index (χ0) is 20.9. The van der Waals surface area contributed by atoms with Gasteiger partial charge in [0, 0.05) is 22.8 Å². The summed E-state index contributed by atoms with van der Waals surface area (Å²) in [5.74, 6) is 0.146. The summed E-state index contributed by atoms with van der Waals surface area (Å²) in [7, 11) is 0. The number of hydrogen-bond acceptors (Lipinski definition) is 3. The number of anilines is 2. The number of carbonyl (C=O) groups excluding carboxylic acids is 2. The minimum absolute atomic E-state index is 0.0100. The van der Waals surface area contributed by atoms with Crippen molar-refractivity contribution in [2.45, 2.75) is 24.7 Å². The molecule has 3 aromatic rings. The van der Waals surface area contributed by atoms with Crippen molar-refractivity contribution in [2.75, 3.05) is 22.5 Å². The fourth-order valence-corrected chi connectivity index (χ4v) is 4.48. The zero-order valence-electron chi connectivity index (χ0n) is 16.9. The Hall–Kier alpha value is -3.05. The molecule has 0 spiro atoms. The topological polar surface area (TPSA) is 49.4 Å². The second kappa shape index (κ2) is 9.18. The Bertz CT molecular complexity index is 1060. The lowest BCUT2D eigenvalue weighted by Gasteiger charge is -2.30. The minimum Gasteiger partial charge on any atom is -0.325 e. The smallest absolute Gasteiger partial charge is 0.259 e. The highest BCUT2D eigenvalue weighted by molar-refractivity contribution is 8.00. The number of benzene rings is 3. The molecule has 1 aliphatic rings. The van der Waals surface area contributed by atoms with Crippen molar-refractivity contribution < 1.29 is 9.59 Å². The SMILES string of the molecule is Cc1ccc(NC(=O)CSc2ccccc2C(=O)N2CCCc3ccccc32)cc1. The summed E-state index contributed by atoms with van der Waals surface area (Å²) in [6, 6.07) is 23.3. The van der Waals surface area contributed by atoms with Crippen molar-refractivity contribution in [1.82, 2.24) is 0 Å². The number of aryl methyl sites for hydroxylation is 2. The summed E-state index contributed by atoms with van der Waals surface area (Å²) >= 11 is 1.39. The molecule has 3 aromatic carbocycles. The lowest BCUT2D eigenvalue weighted by atomic mass is 10.0. The minimum atomic E-state index is -0.0885. The molecule has 0 atom stereocenters. The van der Waals surface area contributed by atoms with Gasteiger partial charge in [-0.1, -0.05) is 48.0 Å². The molecule has 0 bridgehead atoms. The lowest BCUT2D eigenvalue weighted by Crippen LogP contribution is -2.35. The monoisotopic (exact) mass is 416 g/mol. The molecule has 0 radical (unpaired) electrons. The van der Waals surface area contributed by atoms with Gasteiger partial charge >= 0.3 is 0 Å². The Morgan fingerprint density at radius 1 is 0.967 bits per heavy atom. The molecule has 0 saturated heterocycles. The van der Waals surface area contributed by atoms with Gasteiger partial charge in [-0.05, 0) is 55.7 Å². The molecule has 5 heteroatoms. The quantitative estimate of drug-likeness (QED) is 0.573. The largest absolute Gasteiger partial charge is 0.325 e. The van der Waals surface area contributed by atoms with Gasteiger partial charge in [-0.2, -0.15) is 0 Å². The number of rotatable bonds is 5. The molecule has 1 N–H and O–H groups in total. The highest BCUT2D eigenvalue weighted by Crippen LogP contribution is 2.31. The van der Waals surface area contributed by atoms with Crippen LogP contribution in [0, 0.1) is 6.92 Å². The van der Waals surface area contributed by atoms with Gasteiger partial charge in [0.2, 0.25) is 5.91 Å². The number of fused-ring (bicyclic) bond motifs is 1. The van der Waals surface area contributed by atoms with Crippen LogP contribution >= 0.6 is 11.8 Å². The van der Waals surface area contributed by atoms with Crippen LogP contribution in [-0.4, -0.2) is 24.1 Å². The van der Waals surface area contributed by atoms with E-state index in [1.807, 2.05) is 78.6 Å². The standard InChI is InChI=1S/C25H24N2O2S/c1-18-12-14-20(15-13-18)26-24(28)17-30-23-11-5-3-9-21(23)25(29)27-16-6-8-19-7-2-4-10-22(19)27/h2-5,7,9-15H,6,8,16-17H2,1H3,(H,26,28). The number of amides is 2. The molecule has 152 valence electrons. The third-order valence-electron chi connectivity index (χ3n) is 5.17. The van der Waals surface area contributed by atoms with Gasteiger partial charge in [-0.25, -0.2) is 0 Å². The molecule has 0 unspecified atom stereocenters. The fraction of sp³-hybridized carbons (Fsp3) is 0.200. The van der Waals surface area contributed by atoms with Gasteiger partial charge in [0.1, 0.15) is 0 Å². The van der Waals surface area contributed by atoms with Gasteiger partial charge < -0.3 is 10.2 Å². The molecule has 2 amide bonds. The molecule has 4 rings (SSSR count). The molecule has 4 nitrogen and oxygen atoms in total. The Balaban J connectivity index is 1.47. The van der Waals surface area contributed by atoms with Crippen LogP contribution in [-0.2, 0) is 11.2 Å². The first-order chi connectivity index (χ1) is 14.6. The van der Waals surface area contributed by atoms with E-state index in [1.165, 1.54) is 17.3 Å². The average Bonchev–Trinajstić information content (AvgIpc) is 2.78. The first-order valence-corrected chi connectivity index (χ1v) is 11.1. The van der Waals surface area contributed by atoms with Crippen molar-refractivity contribution >= 4 is 35.0 Å². The molecule has 0 saturated carbocycles. The summed E-state index contributed by atoms with van der Waals surface area (Å²) in [4.78, 5) is 28.4.